The summed E-state index contributed by atoms with van der Waals surface area (Å²) in [5.74, 6) is -0.970. The van der Waals surface area contributed by atoms with Crippen LogP contribution in [0.15, 0.2) is 0 Å². The molecule has 4 N–H and O–H groups in total. The highest BCUT2D eigenvalue weighted by atomic mass is 16.7. The molecule has 1 rings (SSSR count). The van der Waals surface area contributed by atoms with Crippen molar-refractivity contribution < 1.29 is 34.7 Å². The molecule has 7 nitrogen and oxygen atoms in total. The molecule has 0 aromatic rings. The van der Waals surface area contributed by atoms with Crippen LogP contribution in [0, 0.1) is 0 Å². The maximum Gasteiger partial charge on any atom is 0.305 e. The molecule has 0 radical (unpaired) electrons. The molecule has 142 valence electrons. The largest absolute Gasteiger partial charge is 0.481 e. The van der Waals surface area contributed by atoms with Gasteiger partial charge in [0.2, 0.25) is 0 Å². The van der Waals surface area contributed by atoms with Gasteiger partial charge in [0.1, 0.15) is 6.10 Å². The molecule has 0 bridgehead atoms. The molecule has 0 amide bonds. The third kappa shape index (κ3) is 8.39. The first kappa shape index (κ1) is 21.3. The number of carboxylic acids is 1. The summed E-state index contributed by atoms with van der Waals surface area (Å²) in [4.78, 5) is 10.4. The van der Waals surface area contributed by atoms with Crippen molar-refractivity contribution >= 4 is 5.97 Å². The van der Waals surface area contributed by atoms with Crippen molar-refractivity contribution in [3.8, 4) is 0 Å². The van der Waals surface area contributed by atoms with E-state index in [2.05, 4.69) is 0 Å². The van der Waals surface area contributed by atoms with E-state index >= 15 is 0 Å². The van der Waals surface area contributed by atoms with Crippen LogP contribution < -0.4 is 0 Å². The minimum absolute atomic E-state index is 0.0512. The third-order valence-electron chi connectivity index (χ3n) is 4.36. The minimum atomic E-state index is -0.970. The number of aliphatic carboxylic acids is 1. The molecule has 6 unspecified atom stereocenters. The number of ether oxygens (including phenoxy) is 2. The molecule has 1 aliphatic heterocycles. The van der Waals surface area contributed by atoms with Gasteiger partial charge in [0.15, 0.2) is 6.29 Å². The van der Waals surface area contributed by atoms with Gasteiger partial charge in [-0.1, -0.05) is 25.7 Å². The van der Waals surface area contributed by atoms with Crippen LogP contribution in [0.2, 0.25) is 0 Å². The Hall–Kier alpha value is -0.730. The first-order valence-electron chi connectivity index (χ1n) is 8.86. The van der Waals surface area contributed by atoms with Gasteiger partial charge in [-0.3, -0.25) is 4.79 Å². The number of aliphatic hydroxyl groups excluding tert-OH is 3. The number of aliphatic hydroxyl groups is 3. The second kappa shape index (κ2) is 11.0. The van der Waals surface area contributed by atoms with Crippen molar-refractivity contribution in [2.45, 2.75) is 102 Å². The average Bonchev–Trinajstić information content (AvgIpc) is 2.47. The molecule has 0 saturated carbocycles. The SMILES string of the molecule is CC(CCCCCCC(O)CC(=O)O)OC1OC(C)C(O)CC1O. The Morgan fingerprint density at radius 3 is 2.42 bits per heavy atom. The zero-order valence-corrected chi connectivity index (χ0v) is 14.6. The Labute approximate surface area is 143 Å². The standard InChI is InChI=1S/C17H32O7/c1-11(23-17-15(20)10-14(19)12(2)24-17)7-5-3-4-6-8-13(18)9-16(21)22/h11-15,17-20H,3-10H2,1-2H3,(H,21,22). The first-order valence-corrected chi connectivity index (χ1v) is 8.86. The lowest BCUT2D eigenvalue weighted by molar-refractivity contribution is -0.273. The zero-order valence-electron chi connectivity index (χ0n) is 14.6. The molecule has 1 aliphatic rings. The second-order valence-electron chi connectivity index (χ2n) is 6.77. The lowest BCUT2D eigenvalue weighted by atomic mass is 10.0. The summed E-state index contributed by atoms with van der Waals surface area (Å²) in [5, 5.41) is 37.5. The molecule has 1 heterocycles. The molecule has 0 aliphatic carbocycles. The molecular weight excluding hydrogens is 316 g/mol. The van der Waals surface area contributed by atoms with Crippen molar-refractivity contribution in [3.05, 3.63) is 0 Å². The molecule has 24 heavy (non-hydrogen) atoms. The van der Waals surface area contributed by atoms with E-state index < -0.39 is 30.6 Å². The van der Waals surface area contributed by atoms with Gasteiger partial charge in [-0.15, -0.1) is 0 Å². The lowest BCUT2D eigenvalue weighted by Gasteiger charge is -2.36. The van der Waals surface area contributed by atoms with E-state index in [0.717, 1.165) is 32.1 Å². The van der Waals surface area contributed by atoms with Gasteiger partial charge in [0.05, 0.1) is 30.8 Å². The highest BCUT2D eigenvalue weighted by Gasteiger charge is 2.35. The molecule has 1 fully saturated rings. The van der Waals surface area contributed by atoms with E-state index in [9.17, 15) is 20.1 Å². The highest BCUT2D eigenvalue weighted by molar-refractivity contribution is 5.67. The Balaban J connectivity index is 2.07. The van der Waals surface area contributed by atoms with E-state index in [-0.39, 0.29) is 25.0 Å². The van der Waals surface area contributed by atoms with Gasteiger partial charge in [-0.05, 0) is 26.7 Å². The van der Waals surface area contributed by atoms with Gasteiger partial charge in [-0.2, -0.15) is 0 Å². The fourth-order valence-corrected chi connectivity index (χ4v) is 2.83. The maximum atomic E-state index is 10.4. The van der Waals surface area contributed by atoms with Gasteiger partial charge in [0.25, 0.3) is 0 Å². The third-order valence-corrected chi connectivity index (χ3v) is 4.36. The monoisotopic (exact) mass is 348 g/mol. The maximum absolute atomic E-state index is 10.4. The van der Waals surface area contributed by atoms with Crippen LogP contribution in [0.4, 0.5) is 0 Å². The fourth-order valence-electron chi connectivity index (χ4n) is 2.83. The summed E-state index contributed by atoms with van der Waals surface area (Å²) < 4.78 is 11.2. The average molecular weight is 348 g/mol. The van der Waals surface area contributed by atoms with Crippen LogP contribution in [0.25, 0.3) is 0 Å². The van der Waals surface area contributed by atoms with Crippen molar-refractivity contribution in [3.63, 3.8) is 0 Å². The van der Waals surface area contributed by atoms with Crippen LogP contribution in [0.3, 0.4) is 0 Å². The quantitative estimate of drug-likeness (QED) is 0.417. The Kier molecular flexibility index (Phi) is 9.76. The summed E-state index contributed by atoms with van der Waals surface area (Å²) in [5.41, 5.74) is 0. The van der Waals surface area contributed by atoms with Crippen LogP contribution in [0.5, 0.6) is 0 Å². The van der Waals surface area contributed by atoms with Gasteiger partial charge in [-0.25, -0.2) is 0 Å². The van der Waals surface area contributed by atoms with Crippen LogP contribution >= 0.6 is 0 Å². The molecule has 0 aromatic heterocycles. The van der Waals surface area contributed by atoms with Crippen LogP contribution in [-0.2, 0) is 14.3 Å². The summed E-state index contributed by atoms with van der Waals surface area (Å²) in [6.07, 6.45) is 1.79. The Morgan fingerprint density at radius 1 is 1.17 bits per heavy atom. The molecule has 7 heteroatoms. The predicted octanol–water partition coefficient (Wildman–Crippen LogP) is 1.42. The predicted molar refractivity (Wildman–Crippen MR) is 87.5 cm³/mol. The molecular formula is C17H32O7. The van der Waals surface area contributed by atoms with Crippen LogP contribution in [-0.4, -0.2) is 63.2 Å². The second-order valence-corrected chi connectivity index (χ2v) is 6.77. The summed E-state index contributed by atoms with van der Waals surface area (Å²) in [6, 6.07) is 0. The molecule has 1 saturated heterocycles. The van der Waals surface area contributed by atoms with E-state index in [0.29, 0.717) is 6.42 Å². The van der Waals surface area contributed by atoms with E-state index in [1.165, 1.54) is 0 Å². The number of carboxylic acid groups (broad SMARTS) is 1. The van der Waals surface area contributed by atoms with Gasteiger partial charge < -0.3 is 29.9 Å². The Bertz CT molecular complexity index is 363. The van der Waals surface area contributed by atoms with Crippen molar-refractivity contribution in [2.75, 3.05) is 0 Å². The molecule has 0 spiro atoms. The molecule has 0 aromatic carbocycles. The van der Waals surface area contributed by atoms with Gasteiger partial charge in [0, 0.05) is 6.42 Å². The number of hydrogen-bond donors (Lipinski definition) is 4. The topological polar surface area (TPSA) is 116 Å². The van der Waals surface area contributed by atoms with Crippen LogP contribution in [0.1, 0.15) is 65.2 Å². The van der Waals surface area contributed by atoms with Crippen molar-refractivity contribution in [1.82, 2.24) is 0 Å². The summed E-state index contributed by atoms with van der Waals surface area (Å²) in [7, 11) is 0. The number of rotatable bonds is 11. The highest BCUT2D eigenvalue weighted by Crippen LogP contribution is 2.23. The minimum Gasteiger partial charge on any atom is -0.481 e. The molecule has 6 atom stereocenters. The zero-order chi connectivity index (χ0) is 18.1. The first-order chi connectivity index (χ1) is 11.3. The number of carbonyl (C=O) groups is 1. The van der Waals surface area contributed by atoms with E-state index in [1.54, 1.807) is 6.92 Å². The van der Waals surface area contributed by atoms with Crippen molar-refractivity contribution in [1.29, 1.82) is 0 Å². The van der Waals surface area contributed by atoms with E-state index in [1.807, 2.05) is 6.92 Å². The van der Waals surface area contributed by atoms with Gasteiger partial charge >= 0.3 is 5.97 Å². The number of hydrogen-bond acceptors (Lipinski definition) is 6. The van der Waals surface area contributed by atoms with E-state index in [4.69, 9.17) is 14.6 Å². The van der Waals surface area contributed by atoms with Crippen molar-refractivity contribution in [2.24, 2.45) is 0 Å². The fraction of sp³-hybridized carbons (Fsp3) is 0.941. The summed E-state index contributed by atoms with van der Waals surface area (Å²) in [6.45, 7) is 3.69. The lowest BCUT2D eigenvalue weighted by Crippen LogP contribution is -2.48. The Morgan fingerprint density at radius 2 is 1.79 bits per heavy atom. The summed E-state index contributed by atoms with van der Waals surface area (Å²) >= 11 is 0. The number of unbranched alkanes of at least 4 members (excludes halogenated alkanes) is 3. The smallest absolute Gasteiger partial charge is 0.305 e. The normalized spacial score (nSPS) is 30.0.